The molecule has 0 aliphatic carbocycles. The highest BCUT2D eigenvalue weighted by atomic mass is 16.7. The number of pyridine rings is 1. The molecule has 0 radical (unpaired) electrons. The van der Waals surface area contributed by atoms with Crippen molar-refractivity contribution in [2.75, 3.05) is 39.8 Å². The van der Waals surface area contributed by atoms with Crippen LogP contribution in [0.5, 0.6) is 5.75 Å². The van der Waals surface area contributed by atoms with Gasteiger partial charge in [0.15, 0.2) is 6.23 Å². The number of hydrogen-bond donors (Lipinski definition) is 1. The molecule has 0 amide bonds. The van der Waals surface area contributed by atoms with Crippen molar-refractivity contribution in [1.82, 2.24) is 14.8 Å². The predicted molar refractivity (Wildman–Crippen MR) is 147 cm³/mol. The van der Waals surface area contributed by atoms with Gasteiger partial charge in [-0.25, -0.2) is 4.79 Å². The molecule has 8 heteroatoms. The maximum absolute atomic E-state index is 12.5. The SMILES string of the molecule is COc1ccc2nccc(C(O)CN3CCC(OC(=O)OC(C)(C)C)N(CCc4ccccc4)CC3)c2c1. The molecule has 0 saturated carbocycles. The summed E-state index contributed by atoms with van der Waals surface area (Å²) in [5, 5.41) is 12.1. The van der Waals surface area contributed by atoms with Gasteiger partial charge in [0.2, 0.25) is 0 Å². The molecule has 2 heterocycles. The summed E-state index contributed by atoms with van der Waals surface area (Å²) in [5.41, 5.74) is 2.25. The molecule has 2 atom stereocenters. The highest BCUT2D eigenvalue weighted by Crippen LogP contribution is 2.28. The summed E-state index contributed by atoms with van der Waals surface area (Å²) in [6, 6.07) is 17.9. The van der Waals surface area contributed by atoms with Gasteiger partial charge in [0, 0.05) is 50.7 Å². The molecule has 1 fully saturated rings. The van der Waals surface area contributed by atoms with Crippen LogP contribution in [-0.4, -0.2) is 77.7 Å². The zero-order valence-electron chi connectivity index (χ0n) is 22.8. The number of aliphatic hydroxyl groups excluding tert-OH is 1. The Labute approximate surface area is 225 Å². The van der Waals surface area contributed by atoms with Crippen molar-refractivity contribution in [1.29, 1.82) is 0 Å². The number of hydrogen-bond acceptors (Lipinski definition) is 8. The van der Waals surface area contributed by atoms with Crippen LogP contribution in [0, 0.1) is 0 Å². The lowest BCUT2D eigenvalue weighted by molar-refractivity contribution is -0.0712. The van der Waals surface area contributed by atoms with Crippen LogP contribution in [0.25, 0.3) is 10.9 Å². The Morgan fingerprint density at radius 2 is 1.89 bits per heavy atom. The molecule has 0 spiro atoms. The Balaban J connectivity index is 1.46. The Bertz CT molecular complexity index is 1200. The van der Waals surface area contributed by atoms with E-state index in [1.54, 1.807) is 13.3 Å². The summed E-state index contributed by atoms with van der Waals surface area (Å²) < 4.78 is 16.7. The number of β-amino-alcohol motifs (C(OH)–C–C–N with tert-alkyl or cyclic N) is 1. The average Bonchev–Trinajstić information content (AvgIpc) is 3.07. The number of carbonyl (C=O) groups is 1. The van der Waals surface area contributed by atoms with Crippen molar-refractivity contribution in [2.24, 2.45) is 0 Å². The second kappa shape index (κ2) is 12.6. The minimum atomic E-state index is -0.700. The van der Waals surface area contributed by atoms with Crippen LogP contribution in [0.1, 0.15) is 44.4 Å². The number of aliphatic hydroxyl groups is 1. The Morgan fingerprint density at radius 3 is 2.63 bits per heavy atom. The van der Waals surface area contributed by atoms with Crippen molar-refractivity contribution in [3.05, 3.63) is 71.9 Å². The summed E-state index contributed by atoms with van der Waals surface area (Å²) in [5.74, 6) is 0.727. The van der Waals surface area contributed by atoms with Gasteiger partial charge in [0.1, 0.15) is 11.4 Å². The molecule has 3 aromatic rings. The van der Waals surface area contributed by atoms with Gasteiger partial charge >= 0.3 is 6.16 Å². The van der Waals surface area contributed by atoms with Crippen molar-refractivity contribution in [3.8, 4) is 5.75 Å². The molecule has 0 bridgehead atoms. The van der Waals surface area contributed by atoms with Gasteiger partial charge in [-0.15, -0.1) is 0 Å². The van der Waals surface area contributed by atoms with E-state index in [1.165, 1.54) is 5.56 Å². The fourth-order valence-electron chi connectivity index (χ4n) is 4.78. The number of methoxy groups -OCH3 is 1. The van der Waals surface area contributed by atoms with E-state index in [4.69, 9.17) is 14.2 Å². The maximum Gasteiger partial charge on any atom is 0.510 e. The topological polar surface area (TPSA) is 84.4 Å². The first-order chi connectivity index (χ1) is 18.2. The first-order valence-corrected chi connectivity index (χ1v) is 13.2. The third-order valence-corrected chi connectivity index (χ3v) is 6.73. The van der Waals surface area contributed by atoms with Gasteiger partial charge in [0.25, 0.3) is 0 Å². The number of rotatable bonds is 8. The molecular formula is C30H39N3O5. The van der Waals surface area contributed by atoms with Crippen LogP contribution in [-0.2, 0) is 15.9 Å². The van der Waals surface area contributed by atoms with Crippen LogP contribution in [0.15, 0.2) is 60.8 Å². The van der Waals surface area contributed by atoms with Gasteiger partial charge in [-0.2, -0.15) is 0 Å². The van der Waals surface area contributed by atoms with E-state index in [0.29, 0.717) is 26.1 Å². The minimum absolute atomic E-state index is 0.401. The van der Waals surface area contributed by atoms with E-state index in [2.05, 4.69) is 26.9 Å². The zero-order chi connectivity index (χ0) is 27.1. The van der Waals surface area contributed by atoms with Crippen molar-refractivity contribution >= 4 is 17.1 Å². The molecule has 204 valence electrons. The highest BCUT2D eigenvalue weighted by molar-refractivity contribution is 5.83. The molecule has 1 saturated heterocycles. The fourth-order valence-corrected chi connectivity index (χ4v) is 4.78. The third-order valence-electron chi connectivity index (χ3n) is 6.73. The molecule has 4 rings (SSSR count). The van der Waals surface area contributed by atoms with E-state index < -0.39 is 24.1 Å². The lowest BCUT2D eigenvalue weighted by atomic mass is 10.0. The van der Waals surface area contributed by atoms with E-state index in [1.807, 2.05) is 63.2 Å². The molecular weight excluding hydrogens is 482 g/mol. The highest BCUT2D eigenvalue weighted by Gasteiger charge is 2.30. The quantitative estimate of drug-likeness (QED) is 0.423. The number of ether oxygens (including phenoxy) is 3. The smallest absolute Gasteiger partial charge is 0.497 e. The van der Waals surface area contributed by atoms with Crippen LogP contribution in [0.2, 0.25) is 0 Å². The number of carbonyl (C=O) groups excluding carboxylic acids is 1. The summed E-state index contributed by atoms with van der Waals surface area (Å²) >= 11 is 0. The normalized spacial score (nSPS) is 18.1. The molecule has 2 unspecified atom stereocenters. The second-order valence-electron chi connectivity index (χ2n) is 10.7. The van der Waals surface area contributed by atoms with E-state index >= 15 is 0 Å². The number of aromatic nitrogens is 1. The summed E-state index contributed by atoms with van der Waals surface area (Å²) in [6.45, 7) is 8.83. The summed E-state index contributed by atoms with van der Waals surface area (Å²) in [4.78, 5) is 21.4. The van der Waals surface area contributed by atoms with Crippen LogP contribution in [0.4, 0.5) is 4.79 Å². The van der Waals surface area contributed by atoms with Gasteiger partial charge in [0.05, 0.1) is 18.7 Å². The Hall–Kier alpha value is -3.20. The molecule has 1 aliphatic rings. The average molecular weight is 522 g/mol. The Kier molecular flexibility index (Phi) is 9.20. The van der Waals surface area contributed by atoms with Crippen LogP contribution < -0.4 is 4.74 Å². The fraction of sp³-hybridized carbons (Fsp3) is 0.467. The van der Waals surface area contributed by atoms with Crippen LogP contribution >= 0.6 is 0 Å². The monoisotopic (exact) mass is 521 g/mol. The van der Waals surface area contributed by atoms with E-state index in [0.717, 1.165) is 41.7 Å². The first-order valence-electron chi connectivity index (χ1n) is 13.2. The predicted octanol–water partition coefficient (Wildman–Crippen LogP) is 4.81. The van der Waals surface area contributed by atoms with E-state index in [9.17, 15) is 9.90 Å². The molecule has 1 aromatic heterocycles. The number of benzene rings is 2. The first kappa shape index (κ1) is 27.8. The van der Waals surface area contributed by atoms with Gasteiger partial charge in [-0.05, 0) is 62.6 Å². The van der Waals surface area contributed by atoms with Gasteiger partial charge in [-0.3, -0.25) is 14.8 Å². The molecule has 8 nitrogen and oxygen atoms in total. The van der Waals surface area contributed by atoms with Gasteiger partial charge in [-0.1, -0.05) is 30.3 Å². The number of nitrogens with zero attached hydrogens (tertiary/aromatic N) is 3. The second-order valence-corrected chi connectivity index (χ2v) is 10.7. The van der Waals surface area contributed by atoms with E-state index in [-0.39, 0.29) is 0 Å². The number of fused-ring (bicyclic) bond motifs is 1. The molecule has 2 aromatic carbocycles. The third kappa shape index (κ3) is 7.66. The van der Waals surface area contributed by atoms with Crippen molar-refractivity contribution in [2.45, 2.75) is 51.5 Å². The van der Waals surface area contributed by atoms with Gasteiger partial charge < -0.3 is 19.3 Å². The standard InChI is InChI=1S/C30H39N3O5/c1-30(2,3)38-29(35)37-28-14-16-32(18-19-33(28)17-13-22-8-6-5-7-9-22)21-27(34)24-12-15-31-26-11-10-23(36-4)20-25(24)26/h5-12,15,20,27-28,34H,13-14,16-19,21H2,1-4H3. The van der Waals surface area contributed by atoms with Crippen molar-refractivity contribution < 1.29 is 24.1 Å². The molecule has 1 N–H and O–H groups in total. The lowest BCUT2D eigenvalue weighted by Crippen LogP contribution is -2.41. The Morgan fingerprint density at radius 1 is 1.11 bits per heavy atom. The largest absolute Gasteiger partial charge is 0.510 e. The zero-order valence-corrected chi connectivity index (χ0v) is 22.8. The summed E-state index contributed by atoms with van der Waals surface area (Å²) in [7, 11) is 1.63. The minimum Gasteiger partial charge on any atom is -0.497 e. The summed E-state index contributed by atoms with van der Waals surface area (Å²) in [6.07, 6.45) is 1.44. The molecule has 38 heavy (non-hydrogen) atoms. The van der Waals surface area contributed by atoms with Crippen LogP contribution in [0.3, 0.4) is 0 Å². The van der Waals surface area contributed by atoms with Crippen molar-refractivity contribution in [3.63, 3.8) is 0 Å². The molecule has 1 aliphatic heterocycles. The maximum atomic E-state index is 12.5. The lowest BCUT2D eigenvalue weighted by Gasteiger charge is -2.30.